The van der Waals surface area contributed by atoms with Crippen molar-refractivity contribution in [2.24, 2.45) is 0 Å². The van der Waals surface area contributed by atoms with Crippen LogP contribution in [0.1, 0.15) is 66.5 Å². The molecule has 0 aliphatic heterocycles. The van der Waals surface area contributed by atoms with Gasteiger partial charge in [-0.05, 0) is 61.4 Å². The highest BCUT2D eigenvalue weighted by Crippen LogP contribution is 2.18. The molecule has 0 fully saturated rings. The summed E-state index contributed by atoms with van der Waals surface area (Å²) in [4.78, 5) is 31.0. The van der Waals surface area contributed by atoms with Crippen molar-refractivity contribution in [1.29, 1.82) is 0 Å². The predicted molar refractivity (Wildman–Crippen MR) is 140 cm³/mol. The summed E-state index contributed by atoms with van der Waals surface area (Å²) in [6.07, 6.45) is 4.80. The van der Waals surface area contributed by atoms with Crippen LogP contribution in [0.3, 0.4) is 0 Å². The number of carbonyl (C=O) groups is 2. The zero-order chi connectivity index (χ0) is 24.5. The Balaban J connectivity index is 1.78. The number of rotatable bonds is 12. The zero-order valence-corrected chi connectivity index (χ0v) is 21.7. The highest BCUT2D eigenvalue weighted by molar-refractivity contribution is 7.12. The van der Waals surface area contributed by atoms with Crippen LogP contribution in [-0.2, 0) is 17.9 Å². The van der Waals surface area contributed by atoms with Gasteiger partial charge >= 0.3 is 0 Å². The molecule has 1 aromatic carbocycles. The van der Waals surface area contributed by atoms with E-state index in [1.165, 1.54) is 22.5 Å². The molecule has 0 aliphatic carbocycles. The highest BCUT2D eigenvalue weighted by atomic mass is 32.1. The van der Waals surface area contributed by atoms with Gasteiger partial charge in [-0.3, -0.25) is 9.59 Å². The Labute approximate surface area is 208 Å². The van der Waals surface area contributed by atoms with E-state index in [0.29, 0.717) is 18.0 Å². The topological polar surface area (TPSA) is 45.6 Å². The monoisotopic (exact) mass is 479 g/mol. The fourth-order valence-electron chi connectivity index (χ4n) is 4.01. The van der Waals surface area contributed by atoms with Crippen LogP contribution in [0.15, 0.2) is 60.1 Å². The Morgan fingerprint density at radius 2 is 1.85 bits per heavy atom. The lowest BCUT2D eigenvalue weighted by atomic mass is 10.1. The fourth-order valence-corrected chi connectivity index (χ4v) is 4.71. The van der Waals surface area contributed by atoms with Crippen molar-refractivity contribution in [3.05, 3.63) is 81.8 Å². The molecular formula is C28H37N3O2S. The van der Waals surface area contributed by atoms with E-state index in [-0.39, 0.29) is 24.4 Å². The minimum Gasteiger partial charge on any atom is -0.345 e. The van der Waals surface area contributed by atoms with Crippen LogP contribution in [0.5, 0.6) is 0 Å². The van der Waals surface area contributed by atoms with Crippen LogP contribution >= 0.6 is 11.3 Å². The average molecular weight is 480 g/mol. The van der Waals surface area contributed by atoms with Gasteiger partial charge in [0.2, 0.25) is 5.91 Å². The van der Waals surface area contributed by atoms with Crippen molar-refractivity contribution >= 4 is 23.2 Å². The largest absolute Gasteiger partial charge is 0.345 e. The van der Waals surface area contributed by atoms with Crippen molar-refractivity contribution in [2.75, 3.05) is 13.1 Å². The van der Waals surface area contributed by atoms with Gasteiger partial charge in [0, 0.05) is 31.0 Å². The molecule has 2 heterocycles. The smallest absolute Gasteiger partial charge is 0.264 e. The summed E-state index contributed by atoms with van der Waals surface area (Å²) < 4.78 is 2.22. The minimum absolute atomic E-state index is 0.000925. The number of aromatic nitrogens is 1. The van der Waals surface area contributed by atoms with Gasteiger partial charge in [0.05, 0.1) is 11.4 Å². The fraction of sp³-hybridized carbons (Fsp3) is 0.429. The van der Waals surface area contributed by atoms with Crippen molar-refractivity contribution < 1.29 is 9.59 Å². The molecule has 0 N–H and O–H groups in total. The van der Waals surface area contributed by atoms with Crippen molar-refractivity contribution in [2.45, 2.75) is 66.1 Å². The van der Waals surface area contributed by atoms with Crippen LogP contribution in [-0.4, -0.2) is 45.3 Å². The summed E-state index contributed by atoms with van der Waals surface area (Å²) in [5, 5.41) is 1.90. The van der Waals surface area contributed by atoms with Gasteiger partial charge in [0.15, 0.2) is 0 Å². The lowest BCUT2D eigenvalue weighted by molar-refractivity contribution is -0.134. The van der Waals surface area contributed by atoms with Crippen molar-refractivity contribution in [1.82, 2.24) is 14.4 Å². The number of carbonyl (C=O) groups excluding carboxylic acids is 2. The second-order valence-corrected chi connectivity index (χ2v) is 9.84. The van der Waals surface area contributed by atoms with E-state index in [0.717, 1.165) is 31.5 Å². The van der Waals surface area contributed by atoms with Gasteiger partial charge in [-0.2, -0.15) is 0 Å². The average Bonchev–Trinajstić information content (AvgIpc) is 3.53. The minimum atomic E-state index is -0.0520. The summed E-state index contributed by atoms with van der Waals surface area (Å²) in [5.74, 6) is -0.0529. The van der Waals surface area contributed by atoms with E-state index >= 15 is 0 Å². The maximum absolute atomic E-state index is 13.6. The normalized spacial score (nSPS) is 11.9. The summed E-state index contributed by atoms with van der Waals surface area (Å²) in [5.41, 5.74) is 3.63. The van der Waals surface area contributed by atoms with E-state index < -0.39 is 0 Å². The second kappa shape index (κ2) is 12.6. The molecule has 3 aromatic rings. The van der Waals surface area contributed by atoms with Crippen LogP contribution in [0.2, 0.25) is 0 Å². The first-order chi connectivity index (χ1) is 16.4. The molecule has 2 amide bonds. The summed E-state index contributed by atoms with van der Waals surface area (Å²) in [6.45, 7) is 10.4. The third kappa shape index (κ3) is 6.60. The van der Waals surface area contributed by atoms with Gasteiger partial charge in [0.25, 0.3) is 5.91 Å². The first-order valence-corrected chi connectivity index (χ1v) is 13.1. The maximum atomic E-state index is 13.6. The predicted octanol–water partition coefficient (Wildman–Crippen LogP) is 5.98. The van der Waals surface area contributed by atoms with Crippen molar-refractivity contribution in [3.63, 3.8) is 0 Å². The quantitative estimate of drug-likeness (QED) is 0.321. The Kier molecular flexibility index (Phi) is 9.52. The molecule has 1 unspecified atom stereocenters. The molecule has 1 atom stereocenters. The summed E-state index contributed by atoms with van der Waals surface area (Å²) >= 11 is 1.43. The van der Waals surface area contributed by atoms with Crippen LogP contribution < -0.4 is 0 Å². The molecule has 0 saturated carbocycles. The number of amides is 2. The van der Waals surface area contributed by atoms with E-state index in [4.69, 9.17) is 0 Å². The van der Waals surface area contributed by atoms with Gasteiger partial charge in [-0.25, -0.2) is 0 Å². The van der Waals surface area contributed by atoms with Gasteiger partial charge in [0.1, 0.15) is 6.54 Å². The standard InChI is InChI=1S/C28H37N3O2S/c1-5-7-16-30(28(33)26-15-11-18-34-26)21-27(32)31(23(4)6-2)20-25-14-10-17-29(25)19-24-13-9-8-12-22(24)3/h8-15,17-18,23H,5-7,16,19-21H2,1-4H3. The molecule has 3 rings (SSSR count). The third-order valence-corrected chi connectivity index (χ3v) is 7.29. The third-order valence-electron chi connectivity index (χ3n) is 6.43. The Morgan fingerprint density at radius 3 is 2.53 bits per heavy atom. The number of hydrogen-bond donors (Lipinski definition) is 0. The van der Waals surface area contributed by atoms with Gasteiger partial charge in [-0.1, -0.05) is 50.6 Å². The number of hydrogen-bond acceptors (Lipinski definition) is 3. The van der Waals surface area contributed by atoms with Gasteiger partial charge in [-0.15, -0.1) is 11.3 Å². The molecular weight excluding hydrogens is 442 g/mol. The highest BCUT2D eigenvalue weighted by Gasteiger charge is 2.25. The second-order valence-electron chi connectivity index (χ2n) is 8.89. The molecule has 5 nitrogen and oxygen atoms in total. The van der Waals surface area contributed by atoms with E-state index in [9.17, 15) is 9.59 Å². The maximum Gasteiger partial charge on any atom is 0.264 e. The molecule has 0 radical (unpaired) electrons. The molecule has 0 aliphatic rings. The summed E-state index contributed by atoms with van der Waals surface area (Å²) in [7, 11) is 0. The van der Waals surface area contributed by atoms with Gasteiger partial charge < -0.3 is 14.4 Å². The number of unbranched alkanes of at least 4 members (excludes halogenated alkanes) is 1. The first-order valence-electron chi connectivity index (χ1n) is 12.2. The lowest BCUT2D eigenvalue weighted by Gasteiger charge is -2.32. The number of benzene rings is 1. The molecule has 2 aromatic heterocycles. The molecule has 0 bridgehead atoms. The van der Waals surface area contributed by atoms with Crippen LogP contribution in [0.4, 0.5) is 0 Å². The number of thiophene rings is 1. The Morgan fingerprint density at radius 1 is 1.06 bits per heavy atom. The first kappa shape index (κ1) is 25.8. The molecule has 182 valence electrons. The molecule has 0 saturated heterocycles. The molecule has 34 heavy (non-hydrogen) atoms. The van der Waals surface area contributed by atoms with E-state index in [2.05, 4.69) is 68.8 Å². The summed E-state index contributed by atoms with van der Waals surface area (Å²) in [6, 6.07) is 16.3. The number of aryl methyl sites for hydroxylation is 1. The SMILES string of the molecule is CCCCN(CC(=O)N(Cc1cccn1Cc1ccccc1C)C(C)CC)C(=O)c1cccs1. The number of nitrogens with zero attached hydrogens (tertiary/aromatic N) is 3. The lowest BCUT2D eigenvalue weighted by Crippen LogP contribution is -2.46. The van der Waals surface area contributed by atoms with Crippen molar-refractivity contribution in [3.8, 4) is 0 Å². The van der Waals surface area contributed by atoms with Crippen LogP contribution in [0.25, 0.3) is 0 Å². The van der Waals surface area contributed by atoms with Crippen LogP contribution in [0, 0.1) is 6.92 Å². The Bertz CT molecular complexity index is 1060. The molecule has 6 heteroatoms. The van der Waals surface area contributed by atoms with E-state index in [1.54, 1.807) is 4.90 Å². The zero-order valence-electron chi connectivity index (χ0n) is 20.9. The van der Waals surface area contributed by atoms with E-state index in [1.807, 2.05) is 28.5 Å². The Hall–Kier alpha value is -2.86. The molecule has 0 spiro atoms.